The first-order chi connectivity index (χ1) is 10.0. The Morgan fingerprint density at radius 1 is 1.43 bits per heavy atom. The van der Waals surface area contributed by atoms with Gasteiger partial charge in [0.25, 0.3) is 0 Å². The van der Waals surface area contributed by atoms with E-state index in [1.807, 2.05) is 0 Å². The normalized spacial score (nSPS) is 17.8. The number of hydrogen-bond acceptors (Lipinski definition) is 3. The average molecular weight is 293 g/mol. The minimum absolute atomic E-state index is 0.0412. The molecule has 0 aliphatic heterocycles. The summed E-state index contributed by atoms with van der Waals surface area (Å²) >= 11 is 0. The second kappa shape index (κ2) is 5.04. The van der Waals surface area contributed by atoms with E-state index in [0.717, 1.165) is 6.07 Å². The number of aryl methyl sites for hydroxylation is 1. The quantitative estimate of drug-likeness (QED) is 0.925. The van der Waals surface area contributed by atoms with Crippen LogP contribution in [0.25, 0.3) is 10.9 Å². The summed E-state index contributed by atoms with van der Waals surface area (Å²) in [4.78, 5) is 15.8. The molecule has 0 spiro atoms. The van der Waals surface area contributed by atoms with Gasteiger partial charge >= 0.3 is 5.97 Å². The van der Waals surface area contributed by atoms with Crippen LogP contribution in [-0.2, 0) is 17.6 Å². The van der Waals surface area contributed by atoms with E-state index in [-0.39, 0.29) is 22.6 Å². The zero-order chi connectivity index (χ0) is 15.1. The number of methoxy groups -OCH3 is 1. The van der Waals surface area contributed by atoms with Crippen LogP contribution in [0.15, 0.2) is 12.1 Å². The summed E-state index contributed by atoms with van der Waals surface area (Å²) in [5.41, 5.74) is 0.977. The Morgan fingerprint density at radius 3 is 2.86 bits per heavy atom. The van der Waals surface area contributed by atoms with E-state index in [4.69, 9.17) is 4.74 Å². The van der Waals surface area contributed by atoms with Crippen LogP contribution in [0.4, 0.5) is 8.78 Å². The predicted molar refractivity (Wildman–Crippen MR) is 71.4 cm³/mol. The molecule has 1 aliphatic rings. The zero-order valence-corrected chi connectivity index (χ0v) is 11.3. The van der Waals surface area contributed by atoms with Crippen molar-refractivity contribution in [2.75, 3.05) is 7.11 Å². The van der Waals surface area contributed by atoms with Gasteiger partial charge in [-0.15, -0.1) is 0 Å². The third kappa shape index (κ3) is 2.25. The van der Waals surface area contributed by atoms with Crippen LogP contribution in [0.1, 0.15) is 28.0 Å². The SMILES string of the molecule is COC1CCc2nc3cc(F)cc(F)c3c(C(=O)O)c2C1. The van der Waals surface area contributed by atoms with Gasteiger partial charge in [0.05, 0.1) is 22.6 Å². The number of ether oxygens (including phenoxy) is 1. The molecule has 1 unspecified atom stereocenters. The highest BCUT2D eigenvalue weighted by atomic mass is 19.1. The number of benzene rings is 1. The molecule has 0 amide bonds. The molecule has 110 valence electrons. The number of carboxylic acids is 1. The minimum Gasteiger partial charge on any atom is -0.478 e. The zero-order valence-electron chi connectivity index (χ0n) is 11.3. The lowest BCUT2D eigenvalue weighted by atomic mass is 9.88. The average Bonchev–Trinajstić information content (AvgIpc) is 2.43. The molecule has 0 fully saturated rings. The highest BCUT2D eigenvalue weighted by Crippen LogP contribution is 2.32. The number of aromatic nitrogens is 1. The first-order valence-electron chi connectivity index (χ1n) is 6.58. The van der Waals surface area contributed by atoms with E-state index in [2.05, 4.69) is 4.98 Å². The summed E-state index contributed by atoms with van der Waals surface area (Å²) in [6, 6.07) is 1.74. The molecule has 1 N–H and O–H groups in total. The molecule has 1 atom stereocenters. The number of carbonyl (C=O) groups is 1. The van der Waals surface area contributed by atoms with Gasteiger partial charge in [-0.25, -0.2) is 13.6 Å². The Kier molecular flexibility index (Phi) is 3.33. The van der Waals surface area contributed by atoms with Gasteiger partial charge in [-0.1, -0.05) is 0 Å². The van der Waals surface area contributed by atoms with E-state index in [9.17, 15) is 18.7 Å². The highest BCUT2D eigenvalue weighted by Gasteiger charge is 2.28. The van der Waals surface area contributed by atoms with Gasteiger partial charge in [0, 0.05) is 31.4 Å². The summed E-state index contributed by atoms with van der Waals surface area (Å²) in [5.74, 6) is -2.91. The van der Waals surface area contributed by atoms with Gasteiger partial charge < -0.3 is 9.84 Å². The van der Waals surface area contributed by atoms with Crippen molar-refractivity contribution >= 4 is 16.9 Å². The standard InChI is InChI=1S/C15H13F2NO3/c1-21-8-2-3-11-9(6-8)13(15(19)20)14-10(17)4-7(16)5-12(14)18-11/h4-5,8H,2-3,6H2,1H3,(H,19,20). The number of carboxylic acid groups (broad SMARTS) is 1. The number of rotatable bonds is 2. The molecule has 0 saturated carbocycles. The fourth-order valence-electron chi connectivity index (χ4n) is 2.90. The molecular formula is C15H13F2NO3. The third-order valence-corrected chi connectivity index (χ3v) is 3.87. The summed E-state index contributed by atoms with van der Waals surface area (Å²) in [5, 5.41) is 9.32. The molecule has 4 nitrogen and oxygen atoms in total. The number of fused-ring (bicyclic) bond motifs is 2. The lowest BCUT2D eigenvalue weighted by Gasteiger charge is -2.25. The van der Waals surface area contributed by atoms with Crippen LogP contribution in [0.5, 0.6) is 0 Å². The summed E-state index contributed by atoms with van der Waals surface area (Å²) in [7, 11) is 1.56. The molecule has 0 saturated heterocycles. The second-order valence-corrected chi connectivity index (χ2v) is 5.10. The van der Waals surface area contributed by atoms with Gasteiger partial charge in [-0.3, -0.25) is 4.98 Å². The van der Waals surface area contributed by atoms with Gasteiger partial charge in [0.2, 0.25) is 0 Å². The summed E-state index contributed by atoms with van der Waals surface area (Å²) < 4.78 is 32.6. The molecule has 21 heavy (non-hydrogen) atoms. The van der Waals surface area contributed by atoms with Gasteiger partial charge in [0.15, 0.2) is 0 Å². The second-order valence-electron chi connectivity index (χ2n) is 5.10. The maximum absolute atomic E-state index is 14.0. The van der Waals surface area contributed by atoms with Crippen molar-refractivity contribution in [3.63, 3.8) is 0 Å². The number of aromatic carboxylic acids is 1. The Labute approximate surface area is 119 Å². The van der Waals surface area contributed by atoms with Gasteiger partial charge in [-0.05, 0) is 18.4 Å². The van der Waals surface area contributed by atoms with E-state index in [1.165, 1.54) is 0 Å². The largest absolute Gasteiger partial charge is 0.478 e. The minimum atomic E-state index is -1.24. The van der Waals surface area contributed by atoms with Crippen molar-refractivity contribution in [3.05, 3.63) is 40.6 Å². The molecule has 1 heterocycles. The van der Waals surface area contributed by atoms with Crippen molar-refractivity contribution in [1.29, 1.82) is 0 Å². The predicted octanol–water partition coefficient (Wildman–Crippen LogP) is 2.71. The number of pyridine rings is 1. The first-order valence-corrected chi connectivity index (χ1v) is 6.58. The number of nitrogens with zero attached hydrogens (tertiary/aromatic N) is 1. The molecular weight excluding hydrogens is 280 g/mol. The summed E-state index contributed by atoms with van der Waals surface area (Å²) in [6.07, 6.45) is 1.49. The smallest absolute Gasteiger partial charge is 0.336 e. The highest BCUT2D eigenvalue weighted by molar-refractivity contribution is 6.04. The number of hydrogen-bond donors (Lipinski definition) is 1. The maximum atomic E-state index is 14.0. The Morgan fingerprint density at radius 2 is 2.19 bits per heavy atom. The van der Waals surface area contributed by atoms with Crippen LogP contribution in [0.2, 0.25) is 0 Å². The van der Waals surface area contributed by atoms with Crippen LogP contribution in [0.3, 0.4) is 0 Å². The lowest BCUT2D eigenvalue weighted by molar-refractivity contribution is 0.0689. The van der Waals surface area contributed by atoms with Crippen LogP contribution in [-0.4, -0.2) is 29.3 Å². The fraction of sp³-hybridized carbons (Fsp3) is 0.333. The Balaban J connectivity index is 2.35. The maximum Gasteiger partial charge on any atom is 0.336 e. The monoisotopic (exact) mass is 293 g/mol. The van der Waals surface area contributed by atoms with E-state index >= 15 is 0 Å². The molecule has 1 aliphatic carbocycles. The molecule has 3 rings (SSSR count). The van der Waals surface area contributed by atoms with Crippen LogP contribution in [0, 0.1) is 11.6 Å². The molecule has 1 aromatic heterocycles. The molecule has 1 aromatic carbocycles. The van der Waals surface area contributed by atoms with Crippen molar-refractivity contribution in [2.45, 2.75) is 25.4 Å². The molecule has 6 heteroatoms. The van der Waals surface area contributed by atoms with E-state index in [0.29, 0.717) is 36.6 Å². The molecule has 0 bridgehead atoms. The first kappa shape index (κ1) is 13.9. The van der Waals surface area contributed by atoms with E-state index < -0.39 is 17.6 Å². The van der Waals surface area contributed by atoms with Crippen LogP contribution >= 0.6 is 0 Å². The lowest BCUT2D eigenvalue weighted by Crippen LogP contribution is -2.25. The van der Waals surface area contributed by atoms with E-state index in [1.54, 1.807) is 7.11 Å². The molecule has 2 aromatic rings. The van der Waals surface area contributed by atoms with Gasteiger partial charge in [0.1, 0.15) is 11.6 Å². The van der Waals surface area contributed by atoms with Crippen molar-refractivity contribution in [1.82, 2.24) is 4.98 Å². The fourth-order valence-corrected chi connectivity index (χ4v) is 2.90. The van der Waals surface area contributed by atoms with Crippen molar-refractivity contribution in [3.8, 4) is 0 Å². The number of halogens is 2. The Hall–Kier alpha value is -2.08. The topological polar surface area (TPSA) is 59.4 Å². The third-order valence-electron chi connectivity index (χ3n) is 3.87. The van der Waals surface area contributed by atoms with Crippen molar-refractivity contribution in [2.24, 2.45) is 0 Å². The van der Waals surface area contributed by atoms with Gasteiger partial charge in [-0.2, -0.15) is 0 Å². The summed E-state index contributed by atoms with van der Waals surface area (Å²) in [6.45, 7) is 0. The van der Waals surface area contributed by atoms with Crippen LogP contribution < -0.4 is 0 Å². The van der Waals surface area contributed by atoms with Crippen molar-refractivity contribution < 1.29 is 23.4 Å². The molecule has 0 radical (unpaired) electrons. The Bertz CT molecular complexity index is 746.